The fourth-order valence-corrected chi connectivity index (χ4v) is 2.59. The lowest BCUT2D eigenvalue weighted by Crippen LogP contribution is -2.43. The summed E-state index contributed by atoms with van der Waals surface area (Å²) in [5, 5.41) is 9.14. The van der Waals surface area contributed by atoms with E-state index in [0.717, 1.165) is 0 Å². The molecule has 1 fully saturated rings. The van der Waals surface area contributed by atoms with Crippen LogP contribution in [0.2, 0.25) is 0 Å². The predicted molar refractivity (Wildman–Crippen MR) is 58.9 cm³/mol. The summed E-state index contributed by atoms with van der Waals surface area (Å²) in [5.41, 5.74) is -1.25. The number of esters is 1. The molecule has 0 spiro atoms. The van der Waals surface area contributed by atoms with Gasteiger partial charge in [0.05, 0.1) is 17.9 Å². The van der Waals surface area contributed by atoms with E-state index in [9.17, 15) is 9.59 Å². The second-order valence-corrected chi connectivity index (χ2v) is 5.20. The van der Waals surface area contributed by atoms with Crippen molar-refractivity contribution in [3.05, 3.63) is 0 Å². The molecule has 0 aliphatic heterocycles. The molecule has 1 N–H and O–H groups in total. The Hall–Kier alpha value is -1.06. The Labute approximate surface area is 96.0 Å². The van der Waals surface area contributed by atoms with Crippen molar-refractivity contribution in [2.45, 2.75) is 40.5 Å². The molecule has 4 heteroatoms. The number of carboxylic acid groups (broad SMARTS) is 1. The summed E-state index contributed by atoms with van der Waals surface area (Å²) in [4.78, 5) is 23.1. The van der Waals surface area contributed by atoms with Crippen LogP contribution in [-0.2, 0) is 14.3 Å². The number of carbonyl (C=O) groups excluding carboxylic acids is 1. The van der Waals surface area contributed by atoms with Gasteiger partial charge in [-0.05, 0) is 32.1 Å². The third-order valence-corrected chi connectivity index (χ3v) is 4.25. The summed E-state index contributed by atoms with van der Waals surface area (Å²) in [6.45, 7) is 7.60. The third kappa shape index (κ3) is 1.70. The fourth-order valence-electron chi connectivity index (χ4n) is 2.59. The zero-order chi connectivity index (χ0) is 12.6. The maximum Gasteiger partial charge on any atom is 0.312 e. The van der Waals surface area contributed by atoms with E-state index in [4.69, 9.17) is 9.84 Å². The van der Waals surface area contributed by atoms with Crippen LogP contribution in [0.5, 0.6) is 0 Å². The van der Waals surface area contributed by atoms with Crippen LogP contribution in [0.4, 0.5) is 0 Å². The van der Waals surface area contributed by atoms with Gasteiger partial charge in [-0.25, -0.2) is 0 Å². The van der Waals surface area contributed by atoms with E-state index in [1.165, 1.54) is 0 Å². The number of ether oxygens (including phenoxy) is 1. The molecule has 0 aromatic carbocycles. The second-order valence-electron chi connectivity index (χ2n) is 5.20. The van der Waals surface area contributed by atoms with Crippen LogP contribution in [0.15, 0.2) is 0 Å². The van der Waals surface area contributed by atoms with E-state index in [2.05, 4.69) is 0 Å². The molecule has 0 aromatic heterocycles. The zero-order valence-electron chi connectivity index (χ0n) is 10.4. The van der Waals surface area contributed by atoms with Gasteiger partial charge in [0.15, 0.2) is 0 Å². The summed E-state index contributed by atoms with van der Waals surface area (Å²) in [7, 11) is 0. The predicted octanol–water partition coefficient (Wildman–Crippen LogP) is 2.08. The molecule has 0 amide bonds. The van der Waals surface area contributed by atoms with Gasteiger partial charge < -0.3 is 9.84 Å². The van der Waals surface area contributed by atoms with Gasteiger partial charge in [0, 0.05) is 0 Å². The van der Waals surface area contributed by atoms with Gasteiger partial charge in [-0.1, -0.05) is 13.8 Å². The van der Waals surface area contributed by atoms with Gasteiger partial charge in [-0.15, -0.1) is 0 Å². The van der Waals surface area contributed by atoms with Crippen LogP contribution in [0.1, 0.15) is 40.5 Å². The minimum absolute atomic E-state index is 0.274. The van der Waals surface area contributed by atoms with E-state index in [0.29, 0.717) is 19.4 Å². The van der Waals surface area contributed by atoms with Crippen LogP contribution in [0.3, 0.4) is 0 Å². The maximum atomic E-state index is 11.9. The lowest BCUT2D eigenvalue weighted by molar-refractivity contribution is -0.163. The average Bonchev–Trinajstić information content (AvgIpc) is 2.39. The van der Waals surface area contributed by atoms with Crippen molar-refractivity contribution in [1.82, 2.24) is 0 Å². The third-order valence-electron chi connectivity index (χ3n) is 4.25. The molecule has 4 nitrogen and oxygen atoms in total. The standard InChI is InChI=1S/C12H20O4/c1-5-16-10(15)12(4)7-6-8(9(13)14)11(12,2)3/h8H,5-7H2,1-4H3,(H,13,14)/t8-,12+/m0/s1. The molecular weight excluding hydrogens is 208 g/mol. The summed E-state index contributed by atoms with van der Waals surface area (Å²) < 4.78 is 5.06. The summed E-state index contributed by atoms with van der Waals surface area (Å²) in [6.07, 6.45) is 1.12. The van der Waals surface area contributed by atoms with Gasteiger partial charge in [-0.2, -0.15) is 0 Å². The molecule has 0 saturated heterocycles. The zero-order valence-corrected chi connectivity index (χ0v) is 10.4. The van der Waals surface area contributed by atoms with Gasteiger partial charge in [-0.3, -0.25) is 9.59 Å². The summed E-state index contributed by atoms with van der Waals surface area (Å²) in [5.74, 6) is -1.57. The quantitative estimate of drug-likeness (QED) is 0.751. The molecule has 1 rings (SSSR count). The van der Waals surface area contributed by atoms with Crippen molar-refractivity contribution < 1.29 is 19.4 Å². The van der Waals surface area contributed by atoms with Crippen LogP contribution < -0.4 is 0 Å². The van der Waals surface area contributed by atoms with Crippen LogP contribution >= 0.6 is 0 Å². The molecule has 0 bridgehead atoms. The van der Waals surface area contributed by atoms with Crippen molar-refractivity contribution in [2.24, 2.45) is 16.7 Å². The van der Waals surface area contributed by atoms with E-state index in [1.807, 2.05) is 20.8 Å². The Kier molecular flexibility index (Phi) is 3.31. The average molecular weight is 228 g/mol. The lowest BCUT2D eigenvalue weighted by atomic mass is 9.66. The van der Waals surface area contributed by atoms with E-state index >= 15 is 0 Å². The first-order valence-electron chi connectivity index (χ1n) is 5.67. The first-order chi connectivity index (χ1) is 7.27. The molecule has 1 aliphatic rings. The van der Waals surface area contributed by atoms with E-state index in [1.54, 1.807) is 6.92 Å². The van der Waals surface area contributed by atoms with Crippen LogP contribution in [-0.4, -0.2) is 23.7 Å². The minimum atomic E-state index is -0.821. The number of hydrogen-bond donors (Lipinski definition) is 1. The van der Waals surface area contributed by atoms with Crippen LogP contribution in [0, 0.1) is 16.7 Å². The fraction of sp³-hybridized carbons (Fsp3) is 0.833. The maximum absolute atomic E-state index is 11.9. The minimum Gasteiger partial charge on any atom is -0.481 e. The monoisotopic (exact) mass is 228 g/mol. The topological polar surface area (TPSA) is 63.6 Å². The Bertz CT molecular complexity index is 308. The molecule has 92 valence electrons. The normalized spacial score (nSPS) is 32.4. The Morgan fingerprint density at radius 2 is 1.94 bits per heavy atom. The highest BCUT2D eigenvalue weighted by Crippen LogP contribution is 2.56. The molecule has 16 heavy (non-hydrogen) atoms. The summed E-state index contributed by atoms with van der Waals surface area (Å²) in [6, 6.07) is 0. The molecule has 0 heterocycles. The number of rotatable bonds is 3. The first kappa shape index (κ1) is 13.0. The van der Waals surface area contributed by atoms with Crippen molar-refractivity contribution in [3.8, 4) is 0 Å². The Balaban J connectivity index is 3.00. The van der Waals surface area contributed by atoms with Gasteiger partial charge in [0.2, 0.25) is 0 Å². The SMILES string of the molecule is CCOC(=O)[C@@]1(C)CC[C@@H](C(=O)O)C1(C)C. The number of aliphatic carboxylic acids is 1. The smallest absolute Gasteiger partial charge is 0.312 e. The molecule has 0 aromatic rings. The summed E-state index contributed by atoms with van der Waals surface area (Å²) >= 11 is 0. The van der Waals surface area contributed by atoms with Crippen molar-refractivity contribution in [2.75, 3.05) is 6.61 Å². The van der Waals surface area contributed by atoms with E-state index < -0.39 is 22.7 Å². The highest BCUT2D eigenvalue weighted by molar-refractivity contribution is 5.81. The van der Waals surface area contributed by atoms with Gasteiger partial charge in [0.25, 0.3) is 0 Å². The van der Waals surface area contributed by atoms with Crippen molar-refractivity contribution >= 4 is 11.9 Å². The number of hydrogen-bond acceptors (Lipinski definition) is 3. The molecular formula is C12H20O4. The highest BCUT2D eigenvalue weighted by atomic mass is 16.5. The molecule has 0 unspecified atom stereocenters. The number of carbonyl (C=O) groups is 2. The van der Waals surface area contributed by atoms with E-state index in [-0.39, 0.29) is 5.97 Å². The number of carboxylic acids is 1. The van der Waals surface area contributed by atoms with Crippen molar-refractivity contribution in [1.29, 1.82) is 0 Å². The largest absolute Gasteiger partial charge is 0.481 e. The molecule has 0 radical (unpaired) electrons. The van der Waals surface area contributed by atoms with Gasteiger partial charge in [0.1, 0.15) is 0 Å². The first-order valence-corrected chi connectivity index (χ1v) is 5.67. The van der Waals surface area contributed by atoms with Crippen molar-refractivity contribution in [3.63, 3.8) is 0 Å². The Morgan fingerprint density at radius 3 is 2.31 bits per heavy atom. The Morgan fingerprint density at radius 1 is 1.38 bits per heavy atom. The lowest BCUT2D eigenvalue weighted by Gasteiger charge is -2.38. The van der Waals surface area contributed by atoms with Gasteiger partial charge >= 0.3 is 11.9 Å². The van der Waals surface area contributed by atoms with Crippen LogP contribution in [0.25, 0.3) is 0 Å². The second kappa shape index (κ2) is 4.07. The molecule has 1 aliphatic carbocycles. The molecule has 2 atom stereocenters. The highest BCUT2D eigenvalue weighted by Gasteiger charge is 2.59. The molecule has 1 saturated carbocycles.